The Balaban J connectivity index is 2.60. The van der Waals surface area contributed by atoms with Gasteiger partial charge in [-0.15, -0.1) is 0 Å². The first-order chi connectivity index (χ1) is 9.73. The van der Waals surface area contributed by atoms with Crippen LogP contribution in [0.4, 0.5) is 0 Å². The van der Waals surface area contributed by atoms with Crippen molar-refractivity contribution in [3.05, 3.63) is 11.6 Å². The van der Waals surface area contributed by atoms with Crippen molar-refractivity contribution in [3.8, 4) is 0 Å². The molecule has 0 N–H and O–H groups in total. The van der Waals surface area contributed by atoms with Gasteiger partial charge < -0.3 is 18.8 Å². The van der Waals surface area contributed by atoms with E-state index >= 15 is 0 Å². The van der Waals surface area contributed by atoms with Gasteiger partial charge in [-0.05, 0) is 34.6 Å². The molecule has 0 aliphatic carbocycles. The second kappa shape index (κ2) is 7.75. The molecule has 1 aliphatic heterocycles. The lowest BCUT2D eigenvalue weighted by Gasteiger charge is -2.32. The van der Waals surface area contributed by atoms with Crippen LogP contribution < -0.4 is 0 Å². The van der Waals surface area contributed by atoms with Gasteiger partial charge >= 0.3 is 13.1 Å². The van der Waals surface area contributed by atoms with Gasteiger partial charge in [-0.1, -0.05) is 11.6 Å². The number of allylic oxidation sites excluding steroid dienone is 2. The largest absolute Gasteiger partial charge is 0.461 e. The molecule has 1 fully saturated rings. The van der Waals surface area contributed by atoms with Crippen LogP contribution >= 0.6 is 0 Å². The molecular weight excluding hydrogens is 271 g/mol. The van der Waals surface area contributed by atoms with Gasteiger partial charge in [0.05, 0.1) is 12.5 Å². The lowest BCUT2D eigenvalue weighted by atomic mass is 9.78. The highest BCUT2D eigenvalue weighted by Gasteiger charge is 2.35. The lowest BCUT2D eigenvalue weighted by Crippen LogP contribution is -2.43. The van der Waals surface area contributed by atoms with Crippen LogP contribution in [0.5, 0.6) is 0 Å². The van der Waals surface area contributed by atoms with Crippen LogP contribution in [0.3, 0.4) is 0 Å². The minimum absolute atomic E-state index is 0.135. The van der Waals surface area contributed by atoms with E-state index in [4.69, 9.17) is 14.0 Å². The van der Waals surface area contributed by atoms with Crippen LogP contribution in [0.25, 0.3) is 0 Å². The first-order valence-electron chi connectivity index (χ1n) is 7.33. The van der Waals surface area contributed by atoms with Crippen molar-refractivity contribution in [3.63, 3.8) is 0 Å². The number of aldehydes is 1. The molecule has 0 aromatic carbocycles. The predicted octanol–water partition coefficient (Wildman–Crippen LogP) is 2.55. The maximum Gasteiger partial charge on any atom is 0.461 e. The highest BCUT2D eigenvalue weighted by Crippen LogP contribution is 2.23. The van der Waals surface area contributed by atoms with Gasteiger partial charge in [0.25, 0.3) is 0 Å². The summed E-state index contributed by atoms with van der Waals surface area (Å²) in [7, 11) is -0.488. The van der Waals surface area contributed by atoms with Gasteiger partial charge in [0.1, 0.15) is 18.0 Å². The summed E-state index contributed by atoms with van der Waals surface area (Å²) in [6, 6.07) is 0. The van der Waals surface area contributed by atoms with Crippen molar-refractivity contribution in [2.24, 2.45) is 0 Å². The fraction of sp³-hybridized carbons (Fsp3) is 0.733. The Hall–Kier alpha value is -1.14. The molecule has 1 heterocycles. The molecule has 0 aromatic rings. The van der Waals surface area contributed by atoms with E-state index in [2.05, 4.69) is 0 Å². The summed E-state index contributed by atoms with van der Waals surface area (Å²) in [5.41, 5.74) is 0.593. The molecule has 21 heavy (non-hydrogen) atoms. The Bertz CT molecular complexity index is 399. The van der Waals surface area contributed by atoms with E-state index in [1.165, 1.54) is 0 Å². The number of esters is 1. The Morgan fingerprint density at radius 2 is 2.05 bits per heavy atom. The minimum atomic E-state index is -0.527. The Morgan fingerprint density at radius 3 is 2.57 bits per heavy atom. The average Bonchev–Trinajstić information content (AvgIpc) is 2.35. The molecule has 1 aliphatic rings. The van der Waals surface area contributed by atoms with Gasteiger partial charge in [-0.2, -0.15) is 0 Å². The number of hydrogen-bond acceptors (Lipinski definition) is 5. The smallest absolute Gasteiger partial charge is 0.460 e. The van der Waals surface area contributed by atoms with Crippen molar-refractivity contribution >= 4 is 19.4 Å². The summed E-state index contributed by atoms with van der Waals surface area (Å²) in [6.07, 6.45) is 2.97. The monoisotopic (exact) mass is 296 g/mol. The molecule has 2 atom stereocenters. The highest BCUT2D eigenvalue weighted by atomic mass is 16.6. The predicted molar refractivity (Wildman–Crippen MR) is 80.9 cm³/mol. The maximum atomic E-state index is 11.9. The van der Waals surface area contributed by atoms with Gasteiger partial charge in [0.2, 0.25) is 0 Å². The quantitative estimate of drug-likeness (QED) is 0.338. The summed E-state index contributed by atoms with van der Waals surface area (Å²) >= 11 is 0. The van der Waals surface area contributed by atoms with Gasteiger partial charge in [-0.25, -0.2) is 0 Å². The van der Waals surface area contributed by atoms with Crippen LogP contribution in [0.1, 0.15) is 47.5 Å². The maximum absolute atomic E-state index is 11.9. The molecule has 1 rings (SSSR count). The second-order valence-corrected chi connectivity index (χ2v) is 6.36. The third-order valence-electron chi connectivity index (χ3n) is 3.11. The molecule has 0 aromatic heterocycles. The number of carbonyl (C=O) groups excluding carboxylic acids is 2. The summed E-state index contributed by atoms with van der Waals surface area (Å²) in [5.74, 6) is -0.319. The van der Waals surface area contributed by atoms with Crippen LogP contribution in [-0.4, -0.2) is 37.2 Å². The van der Waals surface area contributed by atoms with Gasteiger partial charge in [-0.3, -0.25) is 4.79 Å². The third kappa shape index (κ3) is 6.91. The normalized spacial score (nSPS) is 23.9. The molecule has 0 radical (unpaired) electrons. The van der Waals surface area contributed by atoms with Crippen LogP contribution in [0.15, 0.2) is 11.6 Å². The number of hydrogen-bond donors (Lipinski definition) is 0. The van der Waals surface area contributed by atoms with Crippen molar-refractivity contribution in [1.82, 2.24) is 0 Å². The summed E-state index contributed by atoms with van der Waals surface area (Å²) in [6.45, 7) is 9.38. The molecule has 0 saturated carbocycles. The number of rotatable bonds is 5. The van der Waals surface area contributed by atoms with E-state index in [0.717, 1.165) is 11.9 Å². The second-order valence-electron chi connectivity index (χ2n) is 6.36. The van der Waals surface area contributed by atoms with Crippen molar-refractivity contribution in [2.45, 2.75) is 71.6 Å². The minimum Gasteiger partial charge on any atom is -0.460 e. The number of ether oxygens (including phenoxy) is 1. The topological polar surface area (TPSA) is 61.8 Å². The highest BCUT2D eigenvalue weighted by molar-refractivity contribution is 6.45. The van der Waals surface area contributed by atoms with E-state index in [-0.39, 0.29) is 18.5 Å². The molecule has 0 spiro atoms. The summed E-state index contributed by atoms with van der Waals surface area (Å²) in [4.78, 5) is 22.9. The Kier molecular flexibility index (Phi) is 6.62. The first kappa shape index (κ1) is 17.9. The van der Waals surface area contributed by atoms with Gasteiger partial charge in [0, 0.05) is 12.7 Å². The zero-order valence-electron chi connectivity index (χ0n) is 13.5. The van der Waals surface area contributed by atoms with Crippen molar-refractivity contribution < 1.29 is 23.6 Å². The molecule has 5 nitrogen and oxygen atoms in total. The van der Waals surface area contributed by atoms with E-state index in [0.29, 0.717) is 12.7 Å². The molecule has 118 valence electrons. The SMILES string of the molecule is C/C=C(\C)CB1OC(C=O)CC(CC(=O)OC(C)(C)C)O1. The van der Waals surface area contributed by atoms with Crippen molar-refractivity contribution in [2.75, 3.05) is 0 Å². The summed E-state index contributed by atoms with van der Waals surface area (Å²) in [5, 5.41) is 0. The standard InChI is InChI=1S/C15H25BO5/c1-6-11(2)9-16-20-12(7-13(10-17)21-16)8-14(18)19-15(3,4)5/h6,10,12-13H,7-9H2,1-5H3/b11-6+. The zero-order chi connectivity index (χ0) is 16.0. The van der Waals surface area contributed by atoms with E-state index < -0.39 is 18.8 Å². The first-order valence-corrected chi connectivity index (χ1v) is 7.33. The van der Waals surface area contributed by atoms with E-state index in [1.54, 1.807) is 0 Å². The zero-order valence-corrected chi connectivity index (χ0v) is 13.5. The molecule has 1 saturated heterocycles. The average molecular weight is 296 g/mol. The molecule has 6 heteroatoms. The Morgan fingerprint density at radius 1 is 1.38 bits per heavy atom. The lowest BCUT2D eigenvalue weighted by molar-refractivity contribution is -0.158. The third-order valence-corrected chi connectivity index (χ3v) is 3.11. The van der Waals surface area contributed by atoms with Gasteiger partial charge in [0.15, 0.2) is 0 Å². The van der Waals surface area contributed by atoms with E-state index in [9.17, 15) is 9.59 Å². The van der Waals surface area contributed by atoms with E-state index in [1.807, 2.05) is 40.7 Å². The van der Waals surface area contributed by atoms with Crippen LogP contribution in [-0.2, 0) is 23.6 Å². The fourth-order valence-corrected chi connectivity index (χ4v) is 2.08. The number of carbonyl (C=O) groups is 2. The molecular formula is C15H25BO5. The molecule has 0 bridgehead atoms. The fourth-order valence-electron chi connectivity index (χ4n) is 2.08. The Labute approximate surface area is 127 Å². The summed E-state index contributed by atoms with van der Waals surface area (Å²) < 4.78 is 16.6. The molecule has 2 unspecified atom stereocenters. The molecule has 0 amide bonds. The van der Waals surface area contributed by atoms with Crippen LogP contribution in [0.2, 0.25) is 6.32 Å². The van der Waals surface area contributed by atoms with Crippen LogP contribution in [0, 0.1) is 0 Å². The van der Waals surface area contributed by atoms with Crippen molar-refractivity contribution in [1.29, 1.82) is 0 Å².